The second-order valence-corrected chi connectivity index (χ2v) is 2.34. The normalized spacial score (nSPS) is 14.8. The van der Waals surface area contributed by atoms with Gasteiger partial charge in [0, 0.05) is 34.4 Å². The Morgan fingerprint density at radius 3 is 2.54 bits per heavy atom. The van der Waals surface area contributed by atoms with Crippen LogP contribution in [0.3, 0.4) is 0 Å². The maximum atomic E-state index is 5.37. The Kier molecular flexibility index (Phi) is 16.1. The molecule has 1 rings (SSSR count). The summed E-state index contributed by atoms with van der Waals surface area (Å²) in [5.74, 6) is 0. The molecule has 76 valence electrons. The van der Waals surface area contributed by atoms with Gasteiger partial charge in [0.1, 0.15) is 0 Å². The molecule has 13 heavy (non-hydrogen) atoms. The van der Waals surface area contributed by atoms with Crippen LogP contribution in [0.5, 0.6) is 0 Å². The first kappa shape index (κ1) is 19.3. The SMILES string of the molecule is CCOC(C)C1=[C-]CC=C1.Cl.Cl.[Ti]. The first-order chi connectivity index (χ1) is 4.84. The Hall–Kier alpha value is 0.734. The van der Waals surface area contributed by atoms with Crippen molar-refractivity contribution in [1.29, 1.82) is 0 Å². The monoisotopic (exact) mass is 257 g/mol. The number of hydrogen-bond donors (Lipinski definition) is 0. The number of allylic oxidation sites excluding steroid dienone is 2. The first-order valence-electron chi connectivity index (χ1n) is 3.73. The largest absolute Gasteiger partial charge is 0.377 e. The van der Waals surface area contributed by atoms with Crippen molar-refractivity contribution in [2.75, 3.05) is 6.61 Å². The van der Waals surface area contributed by atoms with Crippen molar-refractivity contribution in [3.63, 3.8) is 0 Å². The standard InChI is InChI=1S/C9H13O.2ClH.Ti/c1-3-10-8(2)9-6-4-5-7-9;;;/h4,6,8H,3,5H2,1-2H3;2*1H;/q-1;;;. The molecule has 1 unspecified atom stereocenters. The topological polar surface area (TPSA) is 9.23 Å². The van der Waals surface area contributed by atoms with Gasteiger partial charge in [-0.1, -0.05) is 0 Å². The molecular formula is C9H15Cl2OTi-. The van der Waals surface area contributed by atoms with E-state index < -0.39 is 0 Å². The zero-order valence-corrected chi connectivity index (χ0v) is 11.1. The van der Waals surface area contributed by atoms with E-state index >= 15 is 0 Å². The number of rotatable bonds is 3. The molecule has 0 N–H and O–H groups in total. The molecule has 0 aromatic heterocycles. The van der Waals surface area contributed by atoms with Crippen molar-refractivity contribution in [2.45, 2.75) is 26.4 Å². The van der Waals surface area contributed by atoms with Crippen molar-refractivity contribution in [3.05, 3.63) is 23.8 Å². The Morgan fingerprint density at radius 1 is 1.54 bits per heavy atom. The van der Waals surface area contributed by atoms with Crippen molar-refractivity contribution >= 4 is 24.8 Å². The summed E-state index contributed by atoms with van der Waals surface area (Å²) in [6.45, 7) is 4.84. The van der Waals surface area contributed by atoms with Crippen LogP contribution in [0, 0.1) is 6.08 Å². The third-order valence-corrected chi connectivity index (χ3v) is 1.58. The summed E-state index contributed by atoms with van der Waals surface area (Å²) in [7, 11) is 0. The Morgan fingerprint density at radius 2 is 2.15 bits per heavy atom. The summed E-state index contributed by atoms with van der Waals surface area (Å²) in [6.07, 6.45) is 8.58. The van der Waals surface area contributed by atoms with Crippen molar-refractivity contribution < 1.29 is 26.5 Å². The molecule has 0 saturated heterocycles. The van der Waals surface area contributed by atoms with Crippen LogP contribution >= 0.6 is 24.8 Å². The van der Waals surface area contributed by atoms with Crippen LogP contribution in [0.4, 0.5) is 0 Å². The van der Waals surface area contributed by atoms with Gasteiger partial charge in [-0.2, -0.15) is 11.6 Å². The molecule has 0 aliphatic heterocycles. The molecule has 0 radical (unpaired) electrons. The molecule has 0 amide bonds. The van der Waals surface area contributed by atoms with Crippen LogP contribution in [0.2, 0.25) is 0 Å². The fourth-order valence-electron chi connectivity index (χ4n) is 1.04. The van der Waals surface area contributed by atoms with Gasteiger partial charge < -0.3 is 4.74 Å². The van der Waals surface area contributed by atoms with Gasteiger partial charge in [-0.3, -0.25) is 6.08 Å². The van der Waals surface area contributed by atoms with Gasteiger partial charge >= 0.3 is 0 Å². The first-order valence-corrected chi connectivity index (χ1v) is 3.73. The zero-order chi connectivity index (χ0) is 7.40. The molecule has 1 atom stereocenters. The number of halogens is 2. The van der Waals surface area contributed by atoms with E-state index in [1.807, 2.05) is 6.92 Å². The summed E-state index contributed by atoms with van der Waals surface area (Å²) >= 11 is 0. The predicted octanol–water partition coefficient (Wildman–Crippen LogP) is 2.94. The van der Waals surface area contributed by atoms with Crippen LogP contribution in [0.25, 0.3) is 0 Å². The third-order valence-electron chi connectivity index (χ3n) is 1.58. The molecule has 0 spiro atoms. The molecule has 0 saturated carbocycles. The average Bonchev–Trinajstić information content (AvgIpc) is 2.38. The summed E-state index contributed by atoms with van der Waals surface area (Å²) in [5, 5.41) is 0. The van der Waals surface area contributed by atoms with Crippen LogP contribution in [0.15, 0.2) is 17.7 Å². The van der Waals surface area contributed by atoms with E-state index in [-0.39, 0.29) is 52.6 Å². The van der Waals surface area contributed by atoms with E-state index in [4.69, 9.17) is 4.74 Å². The van der Waals surface area contributed by atoms with E-state index in [9.17, 15) is 0 Å². The minimum atomic E-state index is 0. The van der Waals surface area contributed by atoms with Gasteiger partial charge in [0.15, 0.2) is 0 Å². The fourth-order valence-corrected chi connectivity index (χ4v) is 1.04. The Balaban J connectivity index is -0.000000333. The third kappa shape index (κ3) is 6.76. The van der Waals surface area contributed by atoms with E-state index in [2.05, 4.69) is 25.2 Å². The van der Waals surface area contributed by atoms with Crippen LogP contribution in [-0.4, -0.2) is 12.7 Å². The minimum absolute atomic E-state index is 0. The molecule has 0 fully saturated rings. The van der Waals surface area contributed by atoms with Gasteiger partial charge in [0.25, 0.3) is 0 Å². The second kappa shape index (κ2) is 10.8. The van der Waals surface area contributed by atoms with Crippen molar-refractivity contribution in [1.82, 2.24) is 0 Å². The quantitative estimate of drug-likeness (QED) is 0.558. The van der Waals surface area contributed by atoms with Gasteiger partial charge in [0.05, 0.1) is 0 Å². The van der Waals surface area contributed by atoms with E-state index in [0.717, 1.165) is 13.0 Å². The molecule has 1 nitrogen and oxygen atoms in total. The molecule has 0 aromatic carbocycles. The summed E-state index contributed by atoms with van der Waals surface area (Å²) < 4.78 is 5.37. The molecule has 4 heteroatoms. The van der Waals surface area contributed by atoms with Gasteiger partial charge in [-0.05, 0) is 13.8 Å². The Bertz CT molecular complexity index is 169. The number of hydrogen-bond acceptors (Lipinski definition) is 1. The van der Waals surface area contributed by atoms with E-state index in [1.165, 1.54) is 5.57 Å². The van der Waals surface area contributed by atoms with Gasteiger partial charge in [-0.15, -0.1) is 31.2 Å². The van der Waals surface area contributed by atoms with Gasteiger partial charge in [0.2, 0.25) is 0 Å². The molecule has 0 bridgehead atoms. The predicted molar refractivity (Wildman–Crippen MR) is 56.1 cm³/mol. The summed E-state index contributed by atoms with van der Waals surface area (Å²) in [5.41, 5.74) is 1.20. The fraction of sp³-hybridized carbons (Fsp3) is 0.556. The Labute approximate surface area is 108 Å². The van der Waals surface area contributed by atoms with Crippen LogP contribution in [0.1, 0.15) is 20.3 Å². The summed E-state index contributed by atoms with van der Waals surface area (Å²) in [4.78, 5) is 0. The van der Waals surface area contributed by atoms with Crippen molar-refractivity contribution in [2.24, 2.45) is 0 Å². The van der Waals surface area contributed by atoms with E-state index in [1.54, 1.807) is 0 Å². The zero-order valence-electron chi connectivity index (χ0n) is 7.87. The number of ether oxygens (including phenoxy) is 1. The van der Waals surface area contributed by atoms with E-state index in [0.29, 0.717) is 0 Å². The van der Waals surface area contributed by atoms with Crippen molar-refractivity contribution in [3.8, 4) is 0 Å². The average molecular weight is 258 g/mol. The molecule has 1 aliphatic rings. The maximum Gasteiger partial charge on any atom is 0.0466 e. The second-order valence-electron chi connectivity index (χ2n) is 2.34. The molecule has 0 heterocycles. The van der Waals surface area contributed by atoms with Crippen LogP contribution in [-0.2, 0) is 26.5 Å². The maximum absolute atomic E-state index is 5.37. The van der Waals surface area contributed by atoms with Gasteiger partial charge in [-0.25, -0.2) is 6.08 Å². The van der Waals surface area contributed by atoms with Crippen LogP contribution < -0.4 is 0 Å². The molecule has 1 aliphatic carbocycles. The summed E-state index contributed by atoms with van der Waals surface area (Å²) in [6, 6.07) is 0. The molecule has 0 aromatic rings. The smallest absolute Gasteiger partial charge is 0.0466 e. The molecular weight excluding hydrogens is 243 g/mol. The minimum Gasteiger partial charge on any atom is -0.377 e.